The van der Waals surface area contributed by atoms with E-state index in [1.807, 2.05) is 0 Å². The maximum Gasteiger partial charge on any atom is 0.534 e. The summed E-state index contributed by atoms with van der Waals surface area (Å²) in [5.74, 6) is -0.731. The Balaban J connectivity index is 2.71. The summed E-state index contributed by atoms with van der Waals surface area (Å²) in [6.07, 6.45) is 1.32. The minimum absolute atomic E-state index is 0.0288. The third-order valence-corrected chi connectivity index (χ3v) is 3.83. The van der Waals surface area contributed by atoms with Crippen LogP contribution in [0.25, 0.3) is 11.3 Å². The van der Waals surface area contributed by atoms with Gasteiger partial charge in [0.2, 0.25) is 0 Å². The van der Waals surface area contributed by atoms with Gasteiger partial charge in [0.15, 0.2) is 5.75 Å². The summed E-state index contributed by atoms with van der Waals surface area (Å²) >= 11 is 0. The Kier molecular flexibility index (Phi) is 4.20. The monoisotopic (exact) mass is 348 g/mol. The van der Waals surface area contributed by atoms with E-state index in [9.17, 15) is 26.4 Å². The molecule has 2 rings (SSSR count). The van der Waals surface area contributed by atoms with Crippen molar-refractivity contribution in [3.63, 3.8) is 0 Å². The summed E-state index contributed by atoms with van der Waals surface area (Å²) < 4.78 is 64.2. The molecule has 2 heterocycles. The summed E-state index contributed by atoms with van der Waals surface area (Å²) in [6.45, 7) is 2.95. The van der Waals surface area contributed by atoms with Crippen molar-refractivity contribution in [3.8, 4) is 17.0 Å². The summed E-state index contributed by atoms with van der Waals surface area (Å²) in [7, 11) is -5.91. The van der Waals surface area contributed by atoms with Crippen molar-refractivity contribution in [2.24, 2.45) is 0 Å². The maximum atomic E-state index is 12.5. The lowest BCUT2D eigenvalue weighted by molar-refractivity contribution is -0.0499. The van der Waals surface area contributed by atoms with Crippen LogP contribution in [0.5, 0.6) is 5.75 Å². The van der Waals surface area contributed by atoms with Gasteiger partial charge in [-0.2, -0.15) is 21.6 Å². The van der Waals surface area contributed by atoms with Gasteiger partial charge in [-0.05, 0) is 25.5 Å². The van der Waals surface area contributed by atoms with Crippen LogP contribution in [0.15, 0.2) is 29.2 Å². The van der Waals surface area contributed by atoms with Gasteiger partial charge in [-0.25, -0.2) is 0 Å². The zero-order valence-electron chi connectivity index (χ0n) is 11.9. The number of hydrogen-bond donors (Lipinski definition) is 1. The van der Waals surface area contributed by atoms with Gasteiger partial charge in [0.05, 0.1) is 5.69 Å². The van der Waals surface area contributed by atoms with Gasteiger partial charge >= 0.3 is 15.6 Å². The van der Waals surface area contributed by atoms with Crippen molar-refractivity contribution in [1.29, 1.82) is 0 Å². The van der Waals surface area contributed by atoms with Crippen LogP contribution in [0.4, 0.5) is 13.2 Å². The molecule has 0 radical (unpaired) electrons. The summed E-state index contributed by atoms with van der Waals surface area (Å²) in [5, 5.41) is 0. The van der Waals surface area contributed by atoms with Crippen LogP contribution in [-0.2, 0) is 10.1 Å². The van der Waals surface area contributed by atoms with Crippen molar-refractivity contribution in [2.45, 2.75) is 19.4 Å². The van der Waals surface area contributed by atoms with Crippen molar-refractivity contribution < 1.29 is 25.8 Å². The summed E-state index contributed by atoms with van der Waals surface area (Å²) in [5.41, 5.74) is -6.17. The molecule has 0 fully saturated rings. The van der Waals surface area contributed by atoms with Crippen molar-refractivity contribution in [1.82, 2.24) is 9.97 Å². The van der Waals surface area contributed by atoms with Crippen LogP contribution in [0.2, 0.25) is 0 Å². The van der Waals surface area contributed by atoms with Gasteiger partial charge in [-0.15, -0.1) is 0 Å². The van der Waals surface area contributed by atoms with Gasteiger partial charge in [-0.3, -0.25) is 9.78 Å². The number of rotatable bonds is 3. The molecule has 1 N–H and O–H groups in total. The highest BCUT2D eigenvalue weighted by Crippen LogP contribution is 2.32. The normalized spacial score (nSPS) is 12.2. The highest BCUT2D eigenvalue weighted by Gasteiger charge is 2.49. The van der Waals surface area contributed by atoms with Crippen LogP contribution in [0.3, 0.4) is 0 Å². The number of nitrogens with zero attached hydrogens (tertiary/aromatic N) is 1. The van der Waals surface area contributed by atoms with Gasteiger partial charge in [0, 0.05) is 18.0 Å². The van der Waals surface area contributed by atoms with E-state index in [0.29, 0.717) is 5.56 Å². The molecule has 0 aliphatic carbocycles. The highest BCUT2D eigenvalue weighted by molar-refractivity contribution is 7.88. The first-order valence-electron chi connectivity index (χ1n) is 6.19. The molecule has 124 valence electrons. The Hall–Kier alpha value is -2.36. The van der Waals surface area contributed by atoms with E-state index >= 15 is 0 Å². The molecule has 2 aromatic heterocycles. The van der Waals surface area contributed by atoms with E-state index in [1.54, 1.807) is 19.1 Å². The molecule has 0 aliphatic rings. The lowest BCUT2D eigenvalue weighted by Crippen LogP contribution is -2.29. The molecule has 0 atom stereocenters. The zero-order valence-corrected chi connectivity index (χ0v) is 12.7. The first-order valence-corrected chi connectivity index (χ1v) is 7.60. The zero-order chi connectivity index (χ0) is 17.4. The average Bonchev–Trinajstić information content (AvgIpc) is 2.38. The summed E-state index contributed by atoms with van der Waals surface area (Å²) in [4.78, 5) is 18.4. The lowest BCUT2D eigenvalue weighted by Gasteiger charge is -2.13. The van der Waals surface area contributed by atoms with Crippen LogP contribution in [0.1, 0.15) is 11.3 Å². The Morgan fingerprint density at radius 3 is 2.48 bits per heavy atom. The third kappa shape index (κ3) is 3.36. The standard InChI is InChI=1S/C13H11F3N2O4S/c1-7-4-3-5-17-11(7)10-9(6-8(2)18-12(10)19)22-23(20,21)13(14,15)16/h3-6H,1-2H3,(H,18,19). The number of alkyl halides is 3. The minimum atomic E-state index is -5.91. The molecule has 10 heteroatoms. The van der Waals surface area contributed by atoms with Crippen molar-refractivity contribution in [2.75, 3.05) is 0 Å². The number of aryl methyl sites for hydroxylation is 2. The second-order valence-corrected chi connectivity index (χ2v) is 6.21. The first-order chi connectivity index (χ1) is 10.5. The molecule has 0 saturated carbocycles. The van der Waals surface area contributed by atoms with E-state index < -0.39 is 26.9 Å². The van der Waals surface area contributed by atoms with Crippen LogP contribution < -0.4 is 9.74 Å². The Morgan fingerprint density at radius 2 is 1.91 bits per heavy atom. The van der Waals surface area contributed by atoms with Crippen LogP contribution >= 0.6 is 0 Å². The number of aromatic amines is 1. The molecular weight excluding hydrogens is 337 g/mol. The number of hydrogen-bond acceptors (Lipinski definition) is 5. The predicted molar refractivity (Wildman–Crippen MR) is 75.4 cm³/mol. The first kappa shape index (κ1) is 17.0. The van der Waals surface area contributed by atoms with Gasteiger partial charge in [0.1, 0.15) is 5.56 Å². The number of halogens is 3. The molecule has 0 bridgehead atoms. The van der Waals surface area contributed by atoms with Gasteiger partial charge < -0.3 is 9.17 Å². The maximum absolute atomic E-state index is 12.5. The van der Waals surface area contributed by atoms with E-state index in [1.165, 1.54) is 13.1 Å². The second kappa shape index (κ2) is 5.69. The number of aromatic nitrogens is 2. The number of pyridine rings is 2. The molecule has 0 unspecified atom stereocenters. The Bertz CT molecular complexity index is 904. The number of H-pyrrole nitrogens is 1. The molecule has 0 amide bonds. The Morgan fingerprint density at radius 1 is 1.26 bits per heavy atom. The molecule has 0 saturated heterocycles. The molecular formula is C13H11F3N2O4S. The smallest absolute Gasteiger partial charge is 0.375 e. The predicted octanol–water partition coefficient (Wildman–Crippen LogP) is 2.28. The highest BCUT2D eigenvalue weighted by atomic mass is 32.2. The SMILES string of the molecule is Cc1cc(OS(=O)(=O)C(F)(F)F)c(-c2ncccc2C)c(=O)[nH]1. The molecule has 0 aromatic carbocycles. The molecule has 0 aliphatic heterocycles. The van der Waals surface area contributed by atoms with E-state index in [-0.39, 0.29) is 17.0 Å². The molecule has 6 nitrogen and oxygen atoms in total. The summed E-state index contributed by atoms with van der Waals surface area (Å²) in [6, 6.07) is 4.13. The fourth-order valence-electron chi connectivity index (χ4n) is 1.86. The second-order valence-electron chi connectivity index (χ2n) is 4.67. The molecule has 23 heavy (non-hydrogen) atoms. The Labute approximate surface area is 129 Å². The third-order valence-electron chi connectivity index (χ3n) is 2.86. The lowest BCUT2D eigenvalue weighted by atomic mass is 10.1. The van der Waals surface area contributed by atoms with Crippen LogP contribution in [0, 0.1) is 13.8 Å². The van der Waals surface area contributed by atoms with Gasteiger partial charge in [0.25, 0.3) is 5.56 Å². The average molecular weight is 348 g/mol. The van der Waals surface area contributed by atoms with Crippen molar-refractivity contribution in [3.05, 3.63) is 46.0 Å². The van der Waals surface area contributed by atoms with E-state index in [0.717, 1.165) is 6.07 Å². The van der Waals surface area contributed by atoms with Gasteiger partial charge in [-0.1, -0.05) is 6.07 Å². The quantitative estimate of drug-likeness (QED) is 0.679. The fraction of sp³-hybridized carbons (Fsp3) is 0.231. The van der Waals surface area contributed by atoms with Crippen LogP contribution in [-0.4, -0.2) is 23.9 Å². The topological polar surface area (TPSA) is 89.1 Å². The number of nitrogens with one attached hydrogen (secondary N) is 1. The van der Waals surface area contributed by atoms with E-state index in [2.05, 4.69) is 14.2 Å². The molecule has 0 spiro atoms. The minimum Gasteiger partial charge on any atom is -0.375 e. The van der Waals surface area contributed by atoms with Crippen molar-refractivity contribution >= 4 is 10.1 Å². The largest absolute Gasteiger partial charge is 0.534 e. The van der Waals surface area contributed by atoms with E-state index in [4.69, 9.17) is 0 Å². The molecule has 2 aromatic rings. The fourth-order valence-corrected chi connectivity index (χ4v) is 2.32.